The number of carbonyl (C=O) groups is 2. The second-order valence-electron chi connectivity index (χ2n) is 6.85. The van der Waals surface area contributed by atoms with E-state index < -0.39 is 28.0 Å². The van der Waals surface area contributed by atoms with Gasteiger partial charge in [0.25, 0.3) is 5.91 Å². The van der Waals surface area contributed by atoms with Gasteiger partial charge in [0.1, 0.15) is 0 Å². The van der Waals surface area contributed by atoms with Gasteiger partial charge >= 0.3 is 5.97 Å². The van der Waals surface area contributed by atoms with Gasteiger partial charge in [-0.15, -0.1) is 0 Å². The molecule has 0 bridgehead atoms. The average molecular weight is 419 g/mol. The van der Waals surface area contributed by atoms with E-state index in [-0.39, 0.29) is 10.5 Å². The number of nitrogens with one attached hydrogen (secondary N) is 1. The molecule has 0 saturated carbocycles. The summed E-state index contributed by atoms with van der Waals surface area (Å²) in [5.74, 6) is -1.24. The lowest BCUT2D eigenvalue weighted by Crippen LogP contribution is -2.30. The molecule has 0 aromatic heterocycles. The summed E-state index contributed by atoms with van der Waals surface area (Å²) < 4.78 is 30.9. The number of nitrogens with zero attached hydrogens (tertiary/aromatic N) is 1. The first-order chi connectivity index (χ1) is 13.6. The second kappa shape index (κ2) is 9.19. The Bertz CT molecular complexity index is 998. The number of aryl methyl sites for hydroxylation is 2. The van der Waals surface area contributed by atoms with Crippen LogP contribution in [0.15, 0.2) is 47.4 Å². The minimum absolute atomic E-state index is 0.0202. The minimum Gasteiger partial charge on any atom is -0.449 e. The Kier molecular flexibility index (Phi) is 7.16. The third-order valence-electron chi connectivity index (χ3n) is 4.49. The lowest BCUT2D eigenvalue weighted by molar-refractivity contribution is -0.123. The fourth-order valence-electron chi connectivity index (χ4n) is 2.54. The molecule has 2 rings (SSSR count). The maximum atomic E-state index is 12.6. The summed E-state index contributed by atoms with van der Waals surface area (Å²) in [7, 11) is -0.876. The number of benzene rings is 2. The Hall–Kier alpha value is -2.71. The van der Waals surface area contributed by atoms with Crippen molar-refractivity contribution in [1.29, 1.82) is 0 Å². The fourth-order valence-corrected chi connectivity index (χ4v) is 3.47. The van der Waals surface area contributed by atoms with Gasteiger partial charge in [-0.05, 0) is 55.7 Å². The molecule has 0 aliphatic heterocycles. The van der Waals surface area contributed by atoms with Gasteiger partial charge < -0.3 is 10.1 Å². The molecule has 0 unspecified atom stereocenters. The van der Waals surface area contributed by atoms with E-state index in [1.807, 2.05) is 19.1 Å². The highest BCUT2D eigenvalue weighted by atomic mass is 32.2. The molecule has 156 valence electrons. The van der Waals surface area contributed by atoms with Gasteiger partial charge in [-0.25, -0.2) is 17.5 Å². The molecule has 1 N–H and O–H groups in total. The van der Waals surface area contributed by atoms with Crippen LogP contribution in [0.25, 0.3) is 0 Å². The van der Waals surface area contributed by atoms with Crippen LogP contribution >= 0.6 is 0 Å². The quantitative estimate of drug-likeness (QED) is 0.698. The van der Waals surface area contributed by atoms with Crippen molar-refractivity contribution in [3.8, 4) is 0 Å². The summed E-state index contributed by atoms with van der Waals surface area (Å²) in [4.78, 5) is 24.9. The van der Waals surface area contributed by atoms with Crippen LogP contribution in [0, 0.1) is 6.92 Å². The van der Waals surface area contributed by atoms with Crippen molar-refractivity contribution in [2.75, 3.05) is 19.4 Å². The number of ether oxygens (including phenoxy) is 1. The highest BCUT2D eigenvalue weighted by Gasteiger charge is 2.23. The van der Waals surface area contributed by atoms with E-state index in [0.29, 0.717) is 11.3 Å². The molecule has 1 amide bonds. The number of hydrogen-bond acceptors (Lipinski definition) is 5. The van der Waals surface area contributed by atoms with Crippen LogP contribution in [0.2, 0.25) is 0 Å². The lowest BCUT2D eigenvalue weighted by atomic mass is 10.1. The molecule has 0 aliphatic rings. The molecule has 7 nitrogen and oxygen atoms in total. The largest absolute Gasteiger partial charge is 0.449 e. The normalized spacial score (nSPS) is 12.5. The summed E-state index contributed by atoms with van der Waals surface area (Å²) in [5, 5.41) is 2.70. The van der Waals surface area contributed by atoms with Gasteiger partial charge in [-0.2, -0.15) is 0 Å². The number of esters is 1. The molecule has 1 atom stereocenters. The number of sulfonamides is 1. The Morgan fingerprint density at radius 3 is 2.28 bits per heavy atom. The van der Waals surface area contributed by atoms with Crippen LogP contribution in [-0.2, 0) is 26.0 Å². The van der Waals surface area contributed by atoms with Crippen molar-refractivity contribution < 1.29 is 22.7 Å². The van der Waals surface area contributed by atoms with Gasteiger partial charge in [0, 0.05) is 19.8 Å². The molecule has 2 aromatic carbocycles. The van der Waals surface area contributed by atoms with Crippen LogP contribution in [0.4, 0.5) is 5.69 Å². The van der Waals surface area contributed by atoms with Crippen LogP contribution < -0.4 is 5.32 Å². The van der Waals surface area contributed by atoms with Crippen molar-refractivity contribution in [3.05, 3.63) is 59.2 Å². The van der Waals surface area contributed by atoms with Crippen molar-refractivity contribution in [3.63, 3.8) is 0 Å². The van der Waals surface area contributed by atoms with Gasteiger partial charge in [-0.1, -0.05) is 25.1 Å². The first-order valence-corrected chi connectivity index (χ1v) is 10.6. The summed E-state index contributed by atoms with van der Waals surface area (Å²) in [6.07, 6.45) is -0.161. The first-order valence-electron chi connectivity index (χ1n) is 9.20. The molecule has 0 heterocycles. The van der Waals surface area contributed by atoms with E-state index in [2.05, 4.69) is 5.32 Å². The van der Waals surface area contributed by atoms with Crippen molar-refractivity contribution >= 4 is 27.6 Å². The average Bonchev–Trinajstić information content (AvgIpc) is 2.68. The number of hydrogen-bond donors (Lipinski definition) is 1. The molecule has 2 aromatic rings. The SMILES string of the molecule is CCc1ccc(NC(=O)[C@@H](C)OC(=O)c2cc(S(=O)(=O)N(C)C)ccc2C)cc1. The molecule has 0 spiro atoms. The van der Waals surface area contributed by atoms with E-state index in [0.717, 1.165) is 16.3 Å². The van der Waals surface area contributed by atoms with Crippen LogP contribution in [0.1, 0.15) is 35.3 Å². The second-order valence-corrected chi connectivity index (χ2v) is 9.00. The van der Waals surface area contributed by atoms with Crippen LogP contribution in [-0.4, -0.2) is 44.8 Å². The molecule has 8 heteroatoms. The zero-order valence-corrected chi connectivity index (χ0v) is 18.0. The van der Waals surface area contributed by atoms with E-state index in [9.17, 15) is 18.0 Å². The summed E-state index contributed by atoms with van der Waals surface area (Å²) in [6, 6.07) is 11.6. The maximum Gasteiger partial charge on any atom is 0.339 e. The first kappa shape index (κ1) is 22.6. The minimum atomic E-state index is -3.69. The van der Waals surface area contributed by atoms with E-state index in [4.69, 9.17) is 4.74 Å². The summed E-state index contributed by atoms with van der Waals surface area (Å²) in [6.45, 7) is 5.17. The van der Waals surface area contributed by atoms with Gasteiger partial charge in [0.15, 0.2) is 6.10 Å². The lowest BCUT2D eigenvalue weighted by Gasteiger charge is -2.16. The summed E-state index contributed by atoms with van der Waals surface area (Å²) in [5.41, 5.74) is 2.39. The Labute approximate surface area is 171 Å². The molecule has 0 radical (unpaired) electrons. The van der Waals surface area contributed by atoms with Crippen molar-refractivity contribution in [1.82, 2.24) is 4.31 Å². The molecule has 0 aliphatic carbocycles. The predicted molar refractivity (Wildman–Crippen MR) is 111 cm³/mol. The smallest absolute Gasteiger partial charge is 0.339 e. The van der Waals surface area contributed by atoms with E-state index in [1.54, 1.807) is 19.1 Å². The monoisotopic (exact) mass is 418 g/mol. The van der Waals surface area contributed by atoms with E-state index in [1.165, 1.54) is 39.2 Å². The number of rotatable bonds is 7. The van der Waals surface area contributed by atoms with Gasteiger partial charge in [-0.3, -0.25) is 4.79 Å². The highest BCUT2D eigenvalue weighted by Crippen LogP contribution is 2.19. The standard InChI is InChI=1S/C21H26N2O5S/c1-6-16-8-10-17(11-9-16)22-20(24)15(3)28-21(25)19-13-18(12-7-14(19)2)29(26,27)23(4)5/h7-13,15H,6H2,1-5H3,(H,22,24)/t15-/m1/s1. The molecular weight excluding hydrogens is 392 g/mol. The third kappa shape index (κ3) is 5.42. The zero-order valence-electron chi connectivity index (χ0n) is 17.2. The number of amides is 1. The molecular formula is C21H26N2O5S. The van der Waals surface area contributed by atoms with Gasteiger partial charge in [0.05, 0.1) is 10.5 Å². The predicted octanol–water partition coefficient (Wildman–Crippen LogP) is 2.99. The Morgan fingerprint density at radius 2 is 1.72 bits per heavy atom. The fraction of sp³-hybridized carbons (Fsp3) is 0.333. The van der Waals surface area contributed by atoms with Crippen LogP contribution in [0.3, 0.4) is 0 Å². The highest BCUT2D eigenvalue weighted by molar-refractivity contribution is 7.89. The molecule has 0 saturated heterocycles. The van der Waals surface area contributed by atoms with Crippen molar-refractivity contribution in [2.45, 2.75) is 38.2 Å². The molecule has 0 fully saturated rings. The Morgan fingerprint density at radius 1 is 1.10 bits per heavy atom. The zero-order chi connectivity index (χ0) is 21.8. The summed E-state index contributed by atoms with van der Waals surface area (Å²) >= 11 is 0. The number of anilines is 1. The third-order valence-corrected chi connectivity index (χ3v) is 6.30. The topological polar surface area (TPSA) is 92.8 Å². The van der Waals surface area contributed by atoms with Crippen molar-refractivity contribution in [2.24, 2.45) is 0 Å². The maximum absolute atomic E-state index is 12.6. The van der Waals surface area contributed by atoms with Crippen LogP contribution in [0.5, 0.6) is 0 Å². The number of carbonyl (C=O) groups excluding carboxylic acids is 2. The molecule has 29 heavy (non-hydrogen) atoms. The van der Waals surface area contributed by atoms with Gasteiger partial charge in [0.2, 0.25) is 10.0 Å². The van der Waals surface area contributed by atoms with E-state index >= 15 is 0 Å². The Balaban J connectivity index is 2.13.